The molecule has 0 amide bonds. The molecule has 0 bridgehead atoms. The number of fused-ring (bicyclic) bond motifs is 2. The van der Waals surface area contributed by atoms with E-state index < -0.39 is 0 Å². The van der Waals surface area contributed by atoms with E-state index in [2.05, 4.69) is 20.2 Å². The molecule has 3 unspecified atom stereocenters. The van der Waals surface area contributed by atoms with Crippen LogP contribution in [0.2, 0.25) is 0 Å². The van der Waals surface area contributed by atoms with Gasteiger partial charge in [-0.1, -0.05) is 6.07 Å². The number of ether oxygens (including phenoxy) is 1. The van der Waals surface area contributed by atoms with Crippen LogP contribution in [0.5, 0.6) is 11.6 Å². The van der Waals surface area contributed by atoms with Crippen LogP contribution in [0.25, 0.3) is 27.9 Å². The Morgan fingerprint density at radius 1 is 1.06 bits per heavy atom. The third kappa shape index (κ3) is 6.53. The van der Waals surface area contributed by atoms with Crippen LogP contribution in [0.1, 0.15) is 31.4 Å². The zero-order valence-corrected chi connectivity index (χ0v) is 22.7. The number of hydrogen-bond acceptors (Lipinski definition) is 6. The van der Waals surface area contributed by atoms with Crippen molar-refractivity contribution in [2.75, 3.05) is 7.05 Å². The molecule has 3 atom stereocenters. The first kappa shape index (κ1) is 27.0. The van der Waals surface area contributed by atoms with Gasteiger partial charge in [-0.3, -0.25) is 10.1 Å². The van der Waals surface area contributed by atoms with E-state index >= 15 is 0 Å². The quantitative estimate of drug-likeness (QED) is 0.283. The van der Waals surface area contributed by atoms with Gasteiger partial charge in [-0.15, -0.1) is 0 Å². The van der Waals surface area contributed by atoms with Gasteiger partial charge in [0.05, 0.1) is 23.0 Å². The standard InChI is InChI=1S/C18H15N5O.C7H12O.CH4N.W/c19-10-14-3-1-12-9-15(4-5-16(12)22-14)24-18-6-2-13(11-20-18)17-7-8-21-23-17;8-7-4-2-5-1-3-6(5)7;1-2;/h1-9,11H,10,19H2,(H,21,23);5-8H,1-4H2;2H,1H3;/q;;-1;. The number of aromatic nitrogens is 4. The molecule has 6 rings (SSSR count). The van der Waals surface area contributed by atoms with E-state index in [4.69, 9.17) is 16.2 Å². The smallest absolute Gasteiger partial charge is 0.219 e. The SMILES string of the molecule is C[NH-].NCc1ccc2cc(Oc3ccc(-c4ccn[nH]4)cn3)ccc2n1.OC1CCC2CCC12.[W]. The van der Waals surface area contributed by atoms with Crippen molar-refractivity contribution >= 4 is 10.9 Å². The van der Waals surface area contributed by atoms with E-state index in [1.165, 1.54) is 26.3 Å². The predicted molar refractivity (Wildman–Crippen MR) is 133 cm³/mol. The molecule has 9 heteroatoms. The fourth-order valence-electron chi connectivity index (χ4n) is 4.52. The van der Waals surface area contributed by atoms with Gasteiger partial charge in [0.1, 0.15) is 5.75 Å². The van der Waals surface area contributed by atoms with Gasteiger partial charge in [-0.05, 0) is 73.9 Å². The van der Waals surface area contributed by atoms with Crippen molar-refractivity contribution in [2.45, 2.75) is 38.3 Å². The first-order valence-corrected chi connectivity index (χ1v) is 11.6. The summed E-state index contributed by atoms with van der Waals surface area (Å²) in [7, 11) is 1.25. The molecule has 5 N–H and O–H groups in total. The summed E-state index contributed by atoms with van der Waals surface area (Å²) in [5, 5.41) is 17.1. The number of nitrogens with zero attached hydrogens (tertiary/aromatic N) is 3. The van der Waals surface area contributed by atoms with Gasteiger partial charge in [-0.2, -0.15) is 12.1 Å². The summed E-state index contributed by atoms with van der Waals surface area (Å²) in [5.74, 6) is 2.88. The van der Waals surface area contributed by atoms with Crippen LogP contribution in [0.4, 0.5) is 0 Å². The number of benzene rings is 1. The molecule has 0 spiro atoms. The Hall–Kier alpha value is -2.64. The molecular formula is C26H31N6O2W-. The number of aromatic amines is 1. The fourth-order valence-corrected chi connectivity index (χ4v) is 4.52. The number of aliphatic hydroxyl groups excluding tert-OH is 1. The van der Waals surface area contributed by atoms with Gasteiger partial charge in [0, 0.05) is 57.0 Å². The summed E-state index contributed by atoms with van der Waals surface area (Å²) in [4.78, 5) is 8.81. The molecule has 8 nitrogen and oxygen atoms in total. The Kier molecular flexibility index (Phi) is 9.92. The fraction of sp³-hybridized carbons (Fsp3) is 0.346. The number of aliphatic hydroxyl groups is 1. The molecule has 35 heavy (non-hydrogen) atoms. The topological polar surface area (TPSA) is 134 Å². The van der Waals surface area contributed by atoms with Crippen LogP contribution >= 0.6 is 0 Å². The summed E-state index contributed by atoms with van der Waals surface area (Å²) in [5.41, 5.74) is 15.0. The van der Waals surface area contributed by atoms with Crippen molar-refractivity contribution in [3.63, 3.8) is 0 Å². The van der Waals surface area contributed by atoms with Crippen molar-refractivity contribution in [1.29, 1.82) is 0 Å². The van der Waals surface area contributed by atoms with Crippen molar-refractivity contribution in [3.8, 4) is 22.9 Å². The molecule has 184 valence electrons. The van der Waals surface area contributed by atoms with Crippen molar-refractivity contribution in [2.24, 2.45) is 17.6 Å². The summed E-state index contributed by atoms with van der Waals surface area (Å²) >= 11 is 0. The second-order valence-electron chi connectivity index (χ2n) is 8.46. The molecule has 0 aliphatic heterocycles. The number of nitrogens with one attached hydrogen (secondary N) is 2. The maximum absolute atomic E-state index is 9.22. The Labute approximate surface area is 219 Å². The first-order valence-electron chi connectivity index (χ1n) is 11.6. The third-order valence-electron chi connectivity index (χ3n) is 6.50. The molecule has 2 aliphatic carbocycles. The van der Waals surface area contributed by atoms with E-state index in [1.54, 1.807) is 12.4 Å². The summed E-state index contributed by atoms with van der Waals surface area (Å²) in [6.07, 6.45) is 8.60. The second kappa shape index (κ2) is 12.9. The molecular weight excluding hydrogens is 612 g/mol. The Morgan fingerprint density at radius 2 is 1.89 bits per heavy atom. The summed E-state index contributed by atoms with van der Waals surface area (Å²) in [6, 6.07) is 15.3. The maximum atomic E-state index is 9.22. The average Bonchev–Trinajstić information content (AvgIpc) is 3.48. The molecule has 2 aliphatic rings. The van der Waals surface area contributed by atoms with Crippen LogP contribution in [0.3, 0.4) is 0 Å². The molecule has 3 heterocycles. The molecule has 2 saturated carbocycles. The minimum Gasteiger partial charge on any atom is -0.680 e. The van der Waals surface area contributed by atoms with Crippen LogP contribution in [-0.2, 0) is 27.6 Å². The van der Waals surface area contributed by atoms with Gasteiger partial charge in [0.15, 0.2) is 0 Å². The van der Waals surface area contributed by atoms with Crippen LogP contribution in [0.15, 0.2) is 60.9 Å². The summed E-state index contributed by atoms with van der Waals surface area (Å²) < 4.78 is 5.83. The van der Waals surface area contributed by atoms with Gasteiger partial charge < -0.3 is 21.3 Å². The Bertz CT molecular complexity index is 1180. The molecule has 1 aromatic carbocycles. The Morgan fingerprint density at radius 3 is 2.46 bits per heavy atom. The molecule has 0 saturated heterocycles. The molecule has 2 fully saturated rings. The number of rotatable bonds is 4. The van der Waals surface area contributed by atoms with E-state index in [9.17, 15) is 5.11 Å². The van der Waals surface area contributed by atoms with Crippen LogP contribution in [-0.4, -0.2) is 38.4 Å². The minimum absolute atomic E-state index is 0. The van der Waals surface area contributed by atoms with Gasteiger partial charge >= 0.3 is 0 Å². The zero-order chi connectivity index (χ0) is 23.9. The first-order chi connectivity index (χ1) is 16.7. The molecule has 3 aromatic heterocycles. The van der Waals surface area contributed by atoms with Gasteiger partial charge in [0.2, 0.25) is 5.88 Å². The number of nitrogens with two attached hydrogens (primary N) is 1. The van der Waals surface area contributed by atoms with Crippen LogP contribution < -0.4 is 10.5 Å². The van der Waals surface area contributed by atoms with Crippen molar-refractivity contribution in [3.05, 3.63) is 72.4 Å². The minimum atomic E-state index is 0. The normalized spacial score (nSPS) is 19.7. The third-order valence-corrected chi connectivity index (χ3v) is 6.50. The van der Waals surface area contributed by atoms with E-state index in [-0.39, 0.29) is 27.2 Å². The second-order valence-corrected chi connectivity index (χ2v) is 8.46. The monoisotopic (exact) mass is 643 g/mol. The van der Waals surface area contributed by atoms with Gasteiger partial charge in [0.25, 0.3) is 0 Å². The number of H-pyrrole nitrogens is 1. The largest absolute Gasteiger partial charge is 0.680 e. The molecule has 4 aromatic rings. The van der Waals surface area contributed by atoms with Crippen molar-refractivity contribution in [1.82, 2.24) is 20.2 Å². The maximum Gasteiger partial charge on any atom is 0.219 e. The predicted octanol–water partition coefficient (Wildman–Crippen LogP) is 5.10. The molecule has 0 radical (unpaired) electrons. The average molecular weight is 643 g/mol. The number of hydrogen-bond donors (Lipinski definition) is 3. The van der Waals surface area contributed by atoms with E-state index in [0.717, 1.165) is 46.1 Å². The Balaban J connectivity index is 0.000000261. The van der Waals surface area contributed by atoms with E-state index in [1.807, 2.05) is 48.5 Å². The van der Waals surface area contributed by atoms with Crippen molar-refractivity contribution < 1.29 is 30.9 Å². The van der Waals surface area contributed by atoms with E-state index in [0.29, 0.717) is 18.2 Å². The summed E-state index contributed by atoms with van der Waals surface area (Å²) in [6.45, 7) is 0.431. The number of pyridine rings is 2. The zero-order valence-electron chi connectivity index (χ0n) is 19.7. The van der Waals surface area contributed by atoms with Gasteiger partial charge in [-0.25, -0.2) is 4.98 Å². The van der Waals surface area contributed by atoms with Crippen LogP contribution in [0, 0.1) is 11.8 Å².